The maximum Gasteiger partial charge on any atom is 0.133 e. The normalized spacial score (nSPS) is 15.9. The fourth-order valence-electron chi connectivity index (χ4n) is 5.09. The molecule has 1 aromatic heterocycles. The molecule has 1 atom stereocenters. The summed E-state index contributed by atoms with van der Waals surface area (Å²) in [5.41, 5.74) is 6.76. The zero-order valence-electron chi connectivity index (χ0n) is 19.5. The summed E-state index contributed by atoms with van der Waals surface area (Å²) < 4.78 is 6.53. The minimum absolute atomic E-state index is 0.124. The summed E-state index contributed by atoms with van der Waals surface area (Å²) >= 11 is 1.79. The van der Waals surface area contributed by atoms with Crippen molar-refractivity contribution < 1.29 is 4.74 Å². The molecule has 4 rings (SSSR count). The van der Waals surface area contributed by atoms with Gasteiger partial charge in [-0.15, -0.1) is 11.3 Å². The predicted molar refractivity (Wildman–Crippen MR) is 134 cm³/mol. The van der Waals surface area contributed by atoms with E-state index < -0.39 is 0 Å². The maximum atomic E-state index is 6.53. The molecular weight excluding hydrogens is 396 g/mol. The van der Waals surface area contributed by atoms with E-state index in [1.165, 1.54) is 64.8 Å². The molecule has 31 heavy (non-hydrogen) atoms. The Bertz CT molecular complexity index is 939. The van der Waals surface area contributed by atoms with E-state index in [1.807, 2.05) is 0 Å². The first kappa shape index (κ1) is 22.1. The van der Waals surface area contributed by atoms with Gasteiger partial charge in [0.05, 0.1) is 0 Å². The average Bonchev–Trinajstić information content (AvgIpc) is 3.29. The molecule has 0 saturated heterocycles. The number of benzene rings is 2. The Labute approximate surface area is 192 Å². The molecule has 3 aromatic rings. The van der Waals surface area contributed by atoms with E-state index in [-0.39, 0.29) is 6.10 Å². The average molecular weight is 433 g/mol. The van der Waals surface area contributed by atoms with Gasteiger partial charge in [0.2, 0.25) is 0 Å². The molecule has 1 fully saturated rings. The number of rotatable bonds is 7. The van der Waals surface area contributed by atoms with Crippen molar-refractivity contribution in [3.8, 4) is 16.9 Å². The topological polar surface area (TPSA) is 9.23 Å². The highest BCUT2D eigenvalue weighted by atomic mass is 32.1. The Balaban J connectivity index is 1.55. The molecular formula is C29H36OS. The Morgan fingerprint density at radius 2 is 1.61 bits per heavy atom. The van der Waals surface area contributed by atoms with Gasteiger partial charge in [-0.1, -0.05) is 63.4 Å². The summed E-state index contributed by atoms with van der Waals surface area (Å²) in [7, 11) is 0. The maximum absolute atomic E-state index is 6.53. The van der Waals surface area contributed by atoms with Crippen LogP contribution in [0, 0.1) is 19.8 Å². The van der Waals surface area contributed by atoms with Gasteiger partial charge in [0, 0.05) is 4.88 Å². The van der Waals surface area contributed by atoms with Crippen molar-refractivity contribution in [3.63, 3.8) is 0 Å². The summed E-state index contributed by atoms with van der Waals surface area (Å²) in [6.45, 7) is 8.96. The minimum atomic E-state index is 0.124. The lowest BCUT2D eigenvalue weighted by Gasteiger charge is -2.23. The van der Waals surface area contributed by atoms with Crippen LogP contribution in [0.5, 0.6) is 5.75 Å². The fraction of sp³-hybridized carbons (Fsp3) is 0.448. The second-order valence-electron chi connectivity index (χ2n) is 9.64. The van der Waals surface area contributed by atoms with Crippen LogP contribution in [-0.4, -0.2) is 0 Å². The molecule has 1 aliphatic carbocycles. The molecule has 1 nitrogen and oxygen atoms in total. The lowest BCUT2D eigenvalue weighted by atomic mass is 9.83. The van der Waals surface area contributed by atoms with E-state index in [2.05, 4.69) is 81.6 Å². The molecule has 1 saturated carbocycles. The van der Waals surface area contributed by atoms with Crippen LogP contribution in [0.4, 0.5) is 0 Å². The third kappa shape index (κ3) is 5.41. The molecule has 0 bridgehead atoms. The number of hydrogen-bond donors (Lipinski definition) is 0. The Morgan fingerprint density at radius 1 is 0.935 bits per heavy atom. The van der Waals surface area contributed by atoms with Gasteiger partial charge in [-0.3, -0.25) is 0 Å². The van der Waals surface area contributed by atoms with Gasteiger partial charge in [0.25, 0.3) is 0 Å². The first-order valence-corrected chi connectivity index (χ1v) is 12.8. The second kappa shape index (κ2) is 10.0. The van der Waals surface area contributed by atoms with E-state index >= 15 is 0 Å². The number of hydrogen-bond acceptors (Lipinski definition) is 2. The van der Waals surface area contributed by atoms with Gasteiger partial charge in [-0.25, -0.2) is 0 Å². The van der Waals surface area contributed by atoms with Crippen molar-refractivity contribution in [2.24, 2.45) is 5.92 Å². The van der Waals surface area contributed by atoms with Gasteiger partial charge >= 0.3 is 0 Å². The van der Waals surface area contributed by atoms with Gasteiger partial charge in [0.1, 0.15) is 11.9 Å². The van der Waals surface area contributed by atoms with Crippen molar-refractivity contribution in [3.05, 3.63) is 75.5 Å². The highest BCUT2D eigenvalue weighted by molar-refractivity contribution is 7.10. The molecule has 0 aliphatic heterocycles. The van der Waals surface area contributed by atoms with Crippen molar-refractivity contribution in [2.45, 2.75) is 78.2 Å². The first-order chi connectivity index (χ1) is 15.0. The highest BCUT2D eigenvalue weighted by Crippen LogP contribution is 2.37. The highest BCUT2D eigenvalue weighted by Gasteiger charge is 2.19. The van der Waals surface area contributed by atoms with Gasteiger partial charge in [0.15, 0.2) is 0 Å². The quantitative estimate of drug-likeness (QED) is 0.361. The van der Waals surface area contributed by atoms with Crippen LogP contribution >= 0.6 is 11.3 Å². The van der Waals surface area contributed by atoms with Crippen LogP contribution in [0.15, 0.2) is 53.9 Å². The van der Waals surface area contributed by atoms with Crippen molar-refractivity contribution in [2.75, 3.05) is 0 Å². The molecule has 0 spiro atoms. The second-order valence-corrected chi connectivity index (χ2v) is 10.6. The molecule has 0 radical (unpaired) electrons. The molecule has 0 amide bonds. The van der Waals surface area contributed by atoms with Crippen LogP contribution in [0.25, 0.3) is 11.1 Å². The van der Waals surface area contributed by atoms with Crippen molar-refractivity contribution in [1.29, 1.82) is 0 Å². The molecule has 1 heterocycles. The van der Waals surface area contributed by atoms with Crippen LogP contribution in [0.2, 0.25) is 0 Å². The van der Waals surface area contributed by atoms with E-state index in [0.29, 0.717) is 5.92 Å². The fourth-order valence-corrected chi connectivity index (χ4v) is 5.86. The minimum Gasteiger partial charge on any atom is -0.485 e. The summed E-state index contributed by atoms with van der Waals surface area (Å²) in [4.78, 5) is 1.31. The lowest BCUT2D eigenvalue weighted by Crippen LogP contribution is -2.09. The molecule has 1 unspecified atom stereocenters. The SMILES string of the molecule is Cc1cc(OC(CC(C)C)c2cccs2)cc(C)c1-c1ccc(C2CCCCC2)cc1. The van der Waals surface area contributed by atoms with Gasteiger partial charge in [-0.05, 0) is 96.3 Å². The Kier molecular flexibility index (Phi) is 7.17. The summed E-state index contributed by atoms with van der Waals surface area (Å²) in [6, 6.07) is 18.1. The van der Waals surface area contributed by atoms with Crippen LogP contribution in [-0.2, 0) is 0 Å². The van der Waals surface area contributed by atoms with Gasteiger partial charge < -0.3 is 4.74 Å². The molecule has 1 aliphatic rings. The van der Waals surface area contributed by atoms with Crippen LogP contribution < -0.4 is 4.74 Å². The first-order valence-electron chi connectivity index (χ1n) is 11.9. The lowest BCUT2D eigenvalue weighted by molar-refractivity contribution is 0.181. The zero-order valence-corrected chi connectivity index (χ0v) is 20.3. The number of ether oxygens (including phenoxy) is 1. The Hall–Kier alpha value is -2.06. The van der Waals surface area contributed by atoms with Crippen molar-refractivity contribution >= 4 is 11.3 Å². The zero-order chi connectivity index (χ0) is 21.8. The largest absolute Gasteiger partial charge is 0.485 e. The van der Waals surface area contributed by atoms with Crippen molar-refractivity contribution in [1.82, 2.24) is 0 Å². The third-order valence-electron chi connectivity index (χ3n) is 6.61. The monoisotopic (exact) mass is 432 g/mol. The molecule has 0 N–H and O–H groups in total. The third-order valence-corrected chi connectivity index (χ3v) is 7.57. The summed E-state index contributed by atoms with van der Waals surface area (Å²) in [5, 5.41) is 2.14. The van der Waals surface area contributed by atoms with Crippen LogP contribution in [0.1, 0.15) is 86.0 Å². The van der Waals surface area contributed by atoms with Gasteiger partial charge in [-0.2, -0.15) is 0 Å². The van der Waals surface area contributed by atoms with E-state index in [1.54, 1.807) is 11.3 Å². The standard InChI is InChI=1S/C29H36OS/c1-20(2)17-27(28-11-8-16-31-28)30-26-18-21(3)29(22(4)19-26)25-14-12-24(13-15-25)23-9-6-5-7-10-23/h8,11-16,18-20,23,27H,5-7,9-10,17H2,1-4H3. The molecule has 2 aromatic carbocycles. The summed E-state index contributed by atoms with van der Waals surface area (Å²) in [5.74, 6) is 2.34. The van der Waals surface area contributed by atoms with E-state index in [9.17, 15) is 0 Å². The van der Waals surface area contributed by atoms with E-state index in [4.69, 9.17) is 4.74 Å². The Morgan fingerprint density at radius 3 is 2.19 bits per heavy atom. The number of aryl methyl sites for hydroxylation is 2. The predicted octanol–water partition coefficient (Wildman–Crippen LogP) is 9.25. The van der Waals surface area contributed by atoms with E-state index in [0.717, 1.165) is 18.1 Å². The summed E-state index contributed by atoms with van der Waals surface area (Å²) in [6.07, 6.45) is 8.04. The van der Waals surface area contributed by atoms with Crippen LogP contribution in [0.3, 0.4) is 0 Å². The molecule has 164 valence electrons. The smallest absolute Gasteiger partial charge is 0.133 e. The molecule has 2 heteroatoms. The number of thiophene rings is 1.